The smallest absolute Gasteiger partial charge is 0.231 e. The van der Waals surface area contributed by atoms with Crippen LogP contribution in [0.3, 0.4) is 0 Å². The fraction of sp³-hybridized carbons (Fsp3) is 0.357. The Labute approximate surface area is 129 Å². The molecule has 0 aliphatic carbocycles. The van der Waals surface area contributed by atoms with Crippen molar-refractivity contribution >= 4 is 27.3 Å². The third-order valence-corrected chi connectivity index (χ3v) is 4.96. The van der Waals surface area contributed by atoms with E-state index in [0.29, 0.717) is 17.9 Å². The van der Waals surface area contributed by atoms with Gasteiger partial charge >= 0.3 is 0 Å². The Morgan fingerprint density at radius 1 is 1.40 bits per heavy atom. The van der Waals surface area contributed by atoms with Crippen molar-refractivity contribution in [2.24, 2.45) is 0 Å². The van der Waals surface area contributed by atoms with Crippen molar-refractivity contribution in [3.8, 4) is 11.5 Å². The zero-order valence-electron chi connectivity index (χ0n) is 11.1. The Morgan fingerprint density at radius 3 is 2.90 bits per heavy atom. The van der Waals surface area contributed by atoms with E-state index < -0.39 is 6.10 Å². The molecular formula is C14H14BrNO3S. The highest BCUT2D eigenvalue weighted by Crippen LogP contribution is 2.41. The largest absolute Gasteiger partial charge is 0.454 e. The molecule has 0 bridgehead atoms. The maximum atomic E-state index is 10.4. The van der Waals surface area contributed by atoms with Gasteiger partial charge in [0.1, 0.15) is 0 Å². The lowest BCUT2D eigenvalue weighted by molar-refractivity contribution is 0.171. The molecule has 6 heteroatoms. The number of aryl methyl sites for hydroxylation is 2. The highest BCUT2D eigenvalue weighted by Gasteiger charge is 2.21. The molecule has 0 saturated carbocycles. The lowest BCUT2D eigenvalue weighted by atomic mass is 10.1. The van der Waals surface area contributed by atoms with Gasteiger partial charge in [-0.2, -0.15) is 0 Å². The Balaban J connectivity index is 1.84. The molecule has 4 nitrogen and oxygen atoms in total. The summed E-state index contributed by atoms with van der Waals surface area (Å²) in [5, 5.41) is 11.3. The highest BCUT2D eigenvalue weighted by molar-refractivity contribution is 9.10. The molecule has 2 heterocycles. The minimum Gasteiger partial charge on any atom is -0.454 e. The normalized spacial score (nSPS) is 14.6. The van der Waals surface area contributed by atoms with Crippen LogP contribution in [0, 0.1) is 13.8 Å². The van der Waals surface area contributed by atoms with E-state index in [1.54, 1.807) is 11.3 Å². The van der Waals surface area contributed by atoms with E-state index in [9.17, 15) is 5.11 Å². The Hall–Kier alpha value is -1.11. The van der Waals surface area contributed by atoms with E-state index in [-0.39, 0.29) is 6.79 Å². The number of rotatable bonds is 3. The van der Waals surface area contributed by atoms with Gasteiger partial charge in [0.25, 0.3) is 0 Å². The van der Waals surface area contributed by atoms with Crippen molar-refractivity contribution < 1.29 is 14.6 Å². The number of hydrogen-bond acceptors (Lipinski definition) is 5. The number of aliphatic hydroxyl groups is 1. The summed E-state index contributed by atoms with van der Waals surface area (Å²) in [7, 11) is 0. The predicted octanol–water partition coefficient (Wildman–Crippen LogP) is 3.53. The standard InChI is InChI=1S/C14H14BrNO3S/c1-7-8(2)20-13(16-7)5-11(17)9-3-10(15)14-12(4-9)18-6-19-14/h3-4,11,17H,5-6H2,1-2H3. The molecule has 3 rings (SSSR count). The van der Waals surface area contributed by atoms with Crippen molar-refractivity contribution in [2.75, 3.05) is 6.79 Å². The number of nitrogens with zero attached hydrogens (tertiary/aromatic N) is 1. The predicted molar refractivity (Wildman–Crippen MR) is 80.5 cm³/mol. The molecule has 106 valence electrons. The minimum absolute atomic E-state index is 0.221. The second-order valence-corrected chi connectivity index (χ2v) is 6.85. The van der Waals surface area contributed by atoms with E-state index in [1.165, 1.54) is 4.88 Å². The molecule has 1 aliphatic heterocycles. The third-order valence-electron chi connectivity index (χ3n) is 3.28. The molecule has 0 spiro atoms. The first-order valence-corrected chi connectivity index (χ1v) is 7.85. The molecule has 0 amide bonds. The molecule has 2 aromatic rings. The molecule has 1 aromatic heterocycles. The van der Waals surface area contributed by atoms with Gasteiger partial charge in [-0.05, 0) is 47.5 Å². The van der Waals surface area contributed by atoms with Gasteiger partial charge in [-0.1, -0.05) is 0 Å². The molecule has 1 aromatic carbocycles. The summed E-state index contributed by atoms with van der Waals surface area (Å²) in [5.74, 6) is 1.36. The minimum atomic E-state index is -0.606. The summed E-state index contributed by atoms with van der Waals surface area (Å²) in [6, 6.07) is 3.69. The van der Waals surface area contributed by atoms with Crippen molar-refractivity contribution in [3.05, 3.63) is 37.7 Å². The summed E-state index contributed by atoms with van der Waals surface area (Å²) >= 11 is 5.07. The van der Waals surface area contributed by atoms with Crippen LogP contribution in [0.4, 0.5) is 0 Å². The average Bonchev–Trinajstić information content (AvgIpc) is 2.97. The van der Waals surface area contributed by atoms with Gasteiger partial charge < -0.3 is 14.6 Å². The summed E-state index contributed by atoms with van der Waals surface area (Å²) in [6.45, 7) is 4.25. The molecule has 1 N–H and O–H groups in total. The Kier molecular flexibility index (Phi) is 3.70. The summed E-state index contributed by atoms with van der Waals surface area (Å²) in [6.07, 6.45) is -0.100. The van der Waals surface area contributed by atoms with E-state index in [2.05, 4.69) is 20.9 Å². The van der Waals surface area contributed by atoms with Crippen molar-refractivity contribution in [2.45, 2.75) is 26.4 Å². The van der Waals surface area contributed by atoms with Crippen molar-refractivity contribution in [3.63, 3.8) is 0 Å². The SMILES string of the molecule is Cc1nc(CC(O)c2cc(Br)c3c(c2)OCO3)sc1C. The van der Waals surface area contributed by atoms with Crippen LogP contribution in [0.15, 0.2) is 16.6 Å². The molecule has 1 unspecified atom stereocenters. The van der Waals surface area contributed by atoms with Crippen molar-refractivity contribution in [1.82, 2.24) is 4.98 Å². The van der Waals surface area contributed by atoms with Gasteiger partial charge in [-0.3, -0.25) is 0 Å². The Bertz CT molecular complexity index is 637. The van der Waals surface area contributed by atoms with Crippen LogP contribution in [0.2, 0.25) is 0 Å². The third kappa shape index (κ3) is 2.55. The van der Waals surface area contributed by atoms with E-state index in [1.807, 2.05) is 26.0 Å². The van der Waals surface area contributed by atoms with Crippen LogP contribution in [0.1, 0.15) is 27.2 Å². The summed E-state index contributed by atoms with van der Waals surface area (Å²) in [5.41, 5.74) is 1.83. The molecular weight excluding hydrogens is 342 g/mol. The van der Waals surface area contributed by atoms with Crippen LogP contribution in [-0.4, -0.2) is 16.9 Å². The second kappa shape index (κ2) is 5.35. The maximum Gasteiger partial charge on any atom is 0.231 e. The summed E-state index contributed by atoms with van der Waals surface area (Å²) in [4.78, 5) is 5.66. The van der Waals surface area contributed by atoms with Gasteiger partial charge in [0, 0.05) is 11.3 Å². The maximum absolute atomic E-state index is 10.4. The molecule has 20 heavy (non-hydrogen) atoms. The molecule has 0 fully saturated rings. The number of benzene rings is 1. The molecule has 1 aliphatic rings. The van der Waals surface area contributed by atoms with Crippen LogP contribution < -0.4 is 9.47 Å². The van der Waals surface area contributed by atoms with Gasteiger partial charge in [0.05, 0.1) is 21.3 Å². The molecule has 1 atom stereocenters. The monoisotopic (exact) mass is 355 g/mol. The van der Waals surface area contributed by atoms with Gasteiger partial charge in [-0.15, -0.1) is 11.3 Å². The number of aliphatic hydroxyl groups excluding tert-OH is 1. The zero-order chi connectivity index (χ0) is 14.3. The van der Waals surface area contributed by atoms with E-state index in [4.69, 9.17) is 9.47 Å². The van der Waals surface area contributed by atoms with Gasteiger partial charge in [0.15, 0.2) is 11.5 Å². The summed E-state index contributed by atoms with van der Waals surface area (Å²) < 4.78 is 11.5. The van der Waals surface area contributed by atoms with E-state index >= 15 is 0 Å². The van der Waals surface area contributed by atoms with Crippen LogP contribution in [-0.2, 0) is 6.42 Å². The number of ether oxygens (including phenoxy) is 2. The topological polar surface area (TPSA) is 51.6 Å². The second-order valence-electron chi connectivity index (χ2n) is 4.71. The fourth-order valence-corrected chi connectivity index (χ4v) is 3.63. The molecule has 0 saturated heterocycles. The van der Waals surface area contributed by atoms with Gasteiger partial charge in [-0.25, -0.2) is 4.98 Å². The first-order chi connectivity index (χ1) is 9.54. The number of aromatic nitrogens is 1. The first-order valence-electron chi connectivity index (χ1n) is 6.24. The van der Waals surface area contributed by atoms with Gasteiger partial charge in [0.2, 0.25) is 6.79 Å². The zero-order valence-corrected chi connectivity index (χ0v) is 13.5. The fourth-order valence-electron chi connectivity index (χ4n) is 2.09. The molecule has 0 radical (unpaired) electrons. The van der Waals surface area contributed by atoms with Crippen LogP contribution >= 0.6 is 27.3 Å². The quantitative estimate of drug-likeness (QED) is 0.914. The Morgan fingerprint density at radius 2 is 2.20 bits per heavy atom. The number of hydrogen-bond donors (Lipinski definition) is 1. The lowest BCUT2D eigenvalue weighted by Gasteiger charge is -2.11. The van der Waals surface area contributed by atoms with Crippen LogP contribution in [0.5, 0.6) is 11.5 Å². The first kappa shape index (κ1) is 13.9. The number of fused-ring (bicyclic) bond motifs is 1. The van der Waals surface area contributed by atoms with E-state index in [0.717, 1.165) is 20.7 Å². The average molecular weight is 356 g/mol. The van der Waals surface area contributed by atoms with Crippen molar-refractivity contribution in [1.29, 1.82) is 0 Å². The number of thiazole rings is 1. The lowest BCUT2D eigenvalue weighted by Crippen LogP contribution is -2.02. The van der Waals surface area contributed by atoms with Crippen LogP contribution in [0.25, 0.3) is 0 Å². The highest BCUT2D eigenvalue weighted by atomic mass is 79.9. The number of halogens is 1.